The van der Waals surface area contributed by atoms with Crippen LogP contribution in [0.5, 0.6) is 5.75 Å². The number of carbonyl (C=O) groups excluding carboxylic acids is 2. The van der Waals surface area contributed by atoms with E-state index in [0.717, 1.165) is 28.0 Å². The Kier molecular flexibility index (Phi) is 6.99. The Bertz CT molecular complexity index is 800. The van der Waals surface area contributed by atoms with E-state index in [2.05, 4.69) is 5.32 Å². The summed E-state index contributed by atoms with van der Waals surface area (Å²) in [5.74, 6) is 0.500. The smallest absolute Gasteiger partial charge is 0.242 e. The molecule has 2 aromatic carbocycles. The van der Waals surface area contributed by atoms with Gasteiger partial charge in [0.2, 0.25) is 11.8 Å². The summed E-state index contributed by atoms with van der Waals surface area (Å²) in [4.78, 5) is 26.9. The summed E-state index contributed by atoms with van der Waals surface area (Å²) in [6, 6.07) is 13.1. The minimum atomic E-state index is -0.560. The number of aryl methyl sites for hydroxylation is 2. The molecule has 0 aliphatic heterocycles. The molecule has 0 saturated heterocycles. The van der Waals surface area contributed by atoms with Gasteiger partial charge in [-0.15, -0.1) is 0 Å². The lowest BCUT2D eigenvalue weighted by molar-refractivity contribution is -0.139. The zero-order valence-electron chi connectivity index (χ0n) is 16.7. The number of rotatable bonds is 7. The van der Waals surface area contributed by atoms with E-state index < -0.39 is 6.04 Å². The third-order valence-corrected chi connectivity index (χ3v) is 4.77. The number of nitrogens with zero attached hydrogens (tertiary/aromatic N) is 1. The fourth-order valence-electron chi connectivity index (χ4n) is 2.97. The first-order valence-corrected chi connectivity index (χ1v) is 9.05. The third-order valence-electron chi connectivity index (χ3n) is 4.77. The van der Waals surface area contributed by atoms with Crippen molar-refractivity contribution in [2.75, 3.05) is 14.2 Å². The van der Waals surface area contributed by atoms with Crippen LogP contribution in [0.15, 0.2) is 42.5 Å². The van der Waals surface area contributed by atoms with E-state index in [9.17, 15) is 9.59 Å². The molecule has 27 heavy (non-hydrogen) atoms. The first-order chi connectivity index (χ1) is 12.8. The van der Waals surface area contributed by atoms with Crippen LogP contribution in [0, 0.1) is 13.8 Å². The lowest BCUT2D eigenvalue weighted by Gasteiger charge is -2.28. The van der Waals surface area contributed by atoms with E-state index in [0.29, 0.717) is 6.54 Å². The van der Waals surface area contributed by atoms with Crippen molar-refractivity contribution >= 4 is 11.8 Å². The van der Waals surface area contributed by atoms with Gasteiger partial charge in [-0.3, -0.25) is 9.59 Å². The molecule has 0 radical (unpaired) electrons. The van der Waals surface area contributed by atoms with Crippen LogP contribution in [0.2, 0.25) is 0 Å². The van der Waals surface area contributed by atoms with Gasteiger partial charge in [0.25, 0.3) is 0 Å². The lowest BCUT2D eigenvalue weighted by atomic mass is 10.0. The van der Waals surface area contributed by atoms with Crippen LogP contribution in [0.4, 0.5) is 0 Å². The van der Waals surface area contributed by atoms with Crippen molar-refractivity contribution in [3.05, 3.63) is 64.7 Å². The molecule has 5 nitrogen and oxygen atoms in total. The van der Waals surface area contributed by atoms with Gasteiger partial charge >= 0.3 is 0 Å². The molecule has 5 heteroatoms. The Morgan fingerprint density at radius 2 is 1.78 bits per heavy atom. The molecule has 0 bridgehead atoms. The van der Waals surface area contributed by atoms with E-state index in [-0.39, 0.29) is 18.2 Å². The zero-order valence-corrected chi connectivity index (χ0v) is 16.7. The Balaban J connectivity index is 2.26. The van der Waals surface area contributed by atoms with E-state index in [1.54, 1.807) is 26.0 Å². The summed E-state index contributed by atoms with van der Waals surface area (Å²) in [6.07, 6.45) is 0.269. The Hall–Kier alpha value is -2.82. The van der Waals surface area contributed by atoms with Crippen molar-refractivity contribution in [3.8, 4) is 5.75 Å². The molecule has 0 spiro atoms. The number of benzene rings is 2. The van der Waals surface area contributed by atoms with E-state index >= 15 is 0 Å². The van der Waals surface area contributed by atoms with Gasteiger partial charge in [0, 0.05) is 13.6 Å². The van der Waals surface area contributed by atoms with Gasteiger partial charge in [0.05, 0.1) is 13.5 Å². The first-order valence-electron chi connectivity index (χ1n) is 9.05. The number of likely N-dealkylation sites (N-methyl/N-ethyl adjacent to an activating group) is 1. The molecule has 2 aromatic rings. The average Bonchev–Trinajstić information content (AvgIpc) is 2.68. The third kappa shape index (κ3) is 5.33. The minimum absolute atomic E-state index is 0.0735. The average molecular weight is 368 g/mol. The van der Waals surface area contributed by atoms with Gasteiger partial charge < -0.3 is 15.0 Å². The van der Waals surface area contributed by atoms with Crippen LogP contribution in [-0.2, 0) is 22.6 Å². The second-order valence-corrected chi connectivity index (χ2v) is 6.77. The standard InChI is InChI=1S/C22H28N2O3/c1-15-6-7-16(2)19(12-15)13-21(25)24(17(3)22(26)23-4)14-18-8-10-20(27-5)11-9-18/h6-12,17H,13-14H2,1-5H3,(H,23,26)/t17-/m0/s1. The van der Waals surface area contributed by atoms with Gasteiger partial charge in [-0.05, 0) is 49.6 Å². The van der Waals surface area contributed by atoms with Gasteiger partial charge in [0.15, 0.2) is 0 Å². The van der Waals surface area contributed by atoms with E-state index in [4.69, 9.17) is 4.74 Å². The first kappa shape index (κ1) is 20.5. The van der Waals surface area contributed by atoms with Crippen molar-refractivity contribution in [2.45, 2.75) is 39.8 Å². The highest BCUT2D eigenvalue weighted by Crippen LogP contribution is 2.17. The van der Waals surface area contributed by atoms with Crippen LogP contribution in [0.25, 0.3) is 0 Å². The monoisotopic (exact) mass is 368 g/mol. The molecule has 144 valence electrons. The van der Waals surface area contributed by atoms with Crippen LogP contribution >= 0.6 is 0 Å². The summed E-state index contributed by atoms with van der Waals surface area (Å²) < 4.78 is 5.18. The maximum Gasteiger partial charge on any atom is 0.242 e. The molecular formula is C22H28N2O3. The summed E-state index contributed by atoms with van der Waals surface area (Å²) >= 11 is 0. The fraction of sp³-hybridized carbons (Fsp3) is 0.364. The molecule has 0 heterocycles. The molecule has 2 amide bonds. The predicted molar refractivity (Wildman–Crippen MR) is 107 cm³/mol. The number of carbonyl (C=O) groups is 2. The second-order valence-electron chi connectivity index (χ2n) is 6.77. The Labute approximate surface area is 161 Å². The number of hydrogen-bond donors (Lipinski definition) is 1. The Morgan fingerprint density at radius 3 is 2.37 bits per heavy atom. The molecule has 1 N–H and O–H groups in total. The van der Waals surface area contributed by atoms with Crippen LogP contribution in [0.1, 0.15) is 29.2 Å². The molecule has 1 atom stereocenters. The maximum absolute atomic E-state index is 13.1. The number of ether oxygens (including phenoxy) is 1. The fourth-order valence-corrected chi connectivity index (χ4v) is 2.97. The van der Waals surface area contributed by atoms with Crippen molar-refractivity contribution in [3.63, 3.8) is 0 Å². The number of methoxy groups -OCH3 is 1. The zero-order chi connectivity index (χ0) is 20.0. The normalized spacial score (nSPS) is 11.6. The van der Waals surface area contributed by atoms with Crippen molar-refractivity contribution in [1.29, 1.82) is 0 Å². The summed E-state index contributed by atoms with van der Waals surface area (Å²) in [7, 11) is 3.20. The highest BCUT2D eigenvalue weighted by atomic mass is 16.5. The number of amides is 2. The Morgan fingerprint density at radius 1 is 1.11 bits per heavy atom. The molecular weight excluding hydrogens is 340 g/mol. The number of hydrogen-bond acceptors (Lipinski definition) is 3. The van der Waals surface area contributed by atoms with Gasteiger partial charge in [-0.2, -0.15) is 0 Å². The highest BCUT2D eigenvalue weighted by molar-refractivity contribution is 5.88. The minimum Gasteiger partial charge on any atom is -0.497 e. The molecule has 0 unspecified atom stereocenters. The quantitative estimate of drug-likeness (QED) is 0.817. The van der Waals surface area contributed by atoms with Crippen molar-refractivity contribution < 1.29 is 14.3 Å². The maximum atomic E-state index is 13.1. The van der Waals surface area contributed by atoms with Gasteiger partial charge in [-0.1, -0.05) is 35.9 Å². The lowest BCUT2D eigenvalue weighted by Crippen LogP contribution is -2.47. The molecule has 0 fully saturated rings. The van der Waals surface area contributed by atoms with Gasteiger partial charge in [-0.25, -0.2) is 0 Å². The molecule has 0 aliphatic carbocycles. The molecule has 0 aromatic heterocycles. The van der Waals surface area contributed by atoms with Crippen molar-refractivity contribution in [1.82, 2.24) is 10.2 Å². The SMILES string of the molecule is CNC(=O)[C@H](C)N(Cc1ccc(OC)cc1)C(=O)Cc1cc(C)ccc1C. The van der Waals surface area contributed by atoms with Gasteiger partial charge in [0.1, 0.15) is 11.8 Å². The van der Waals surface area contributed by atoms with E-state index in [1.165, 1.54) is 0 Å². The summed E-state index contributed by atoms with van der Waals surface area (Å²) in [5, 5.41) is 2.64. The van der Waals surface area contributed by atoms with Crippen molar-refractivity contribution in [2.24, 2.45) is 0 Å². The molecule has 0 aliphatic rings. The topological polar surface area (TPSA) is 58.6 Å². The largest absolute Gasteiger partial charge is 0.497 e. The predicted octanol–water partition coefficient (Wildman–Crippen LogP) is 3.02. The van der Waals surface area contributed by atoms with E-state index in [1.807, 2.05) is 56.3 Å². The van der Waals surface area contributed by atoms with Crippen LogP contribution in [0.3, 0.4) is 0 Å². The summed E-state index contributed by atoms with van der Waals surface area (Å²) in [5.41, 5.74) is 4.13. The summed E-state index contributed by atoms with van der Waals surface area (Å²) in [6.45, 7) is 6.12. The van der Waals surface area contributed by atoms with Crippen LogP contribution in [-0.4, -0.2) is 36.9 Å². The van der Waals surface area contributed by atoms with Crippen LogP contribution < -0.4 is 10.1 Å². The molecule has 0 saturated carbocycles. The second kappa shape index (κ2) is 9.21. The molecule has 2 rings (SSSR count). The number of nitrogens with one attached hydrogen (secondary N) is 1. The highest BCUT2D eigenvalue weighted by Gasteiger charge is 2.25.